The molecule has 4 nitrogen and oxygen atoms in total. The Bertz CT molecular complexity index is 883. The van der Waals surface area contributed by atoms with E-state index in [1.54, 1.807) is 12.3 Å². The van der Waals surface area contributed by atoms with E-state index in [0.29, 0.717) is 0 Å². The second kappa shape index (κ2) is 6.32. The van der Waals surface area contributed by atoms with Crippen LogP contribution < -0.4 is 5.32 Å². The number of fused-ring (bicyclic) bond motifs is 1. The average molecular weight is 319 g/mol. The molecule has 0 aliphatic carbocycles. The van der Waals surface area contributed by atoms with Gasteiger partial charge in [-0.1, -0.05) is 32.9 Å². The summed E-state index contributed by atoms with van der Waals surface area (Å²) in [4.78, 5) is 19.6. The third-order valence-corrected chi connectivity index (χ3v) is 3.80. The lowest BCUT2D eigenvalue weighted by Gasteiger charge is -2.17. The minimum atomic E-state index is -0.166. The maximum atomic E-state index is 12.1. The van der Waals surface area contributed by atoms with Gasteiger partial charge in [-0.05, 0) is 41.3 Å². The van der Waals surface area contributed by atoms with Crippen LogP contribution in [0.2, 0.25) is 0 Å². The van der Waals surface area contributed by atoms with E-state index in [-0.39, 0.29) is 11.3 Å². The first-order chi connectivity index (χ1) is 11.4. The second-order valence-electron chi connectivity index (χ2n) is 6.83. The van der Waals surface area contributed by atoms with Crippen LogP contribution in [-0.4, -0.2) is 15.9 Å². The number of pyridine rings is 1. The fourth-order valence-corrected chi connectivity index (χ4v) is 2.43. The molecule has 3 aromatic rings. The van der Waals surface area contributed by atoms with Crippen molar-refractivity contribution in [1.82, 2.24) is 9.97 Å². The number of anilines is 1. The standard InChI is InChI=1S/C20H21N3O/c1-20(2,3)18-8-4-14(13-22-18)5-9-19(24)23-16-7-6-15-10-11-21-17(15)12-16/h4-13,21H,1-3H3,(H,23,24). The number of benzene rings is 1. The smallest absolute Gasteiger partial charge is 0.248 e. The number of aromatic nitrogens is 2. The average Bonchev–Trinajstić information content (AvgIpc) is 3.00. The molecule has 0 aliphatic heterocycles. The Morgan fingerprint density at radius 1 is 1.17 bits per heavy atom. The van der Waals surface area contributed by atoms with Crippen molar-refractivity contribution in [1.29, 1.82) is 0 Å². The van der Waals surface area contributed by atoms with E-state index >= 15 is 0 Å². The Morgan fingerprint density at radius 2 is 2.00 bits per heavy atom. The van der Waals surface area contributed by atoms with E-state index in [1.165, 1.54) is 6.08 Å². The van der Waals surface area contributed by atoms with E-state index in [0.717, 1.165) is 27.8 Å². The van der Waals surface area contributed by atoms with Gasteiger partial charge in [-0.15, -0.1) is 0 Å². The zero-order valence-electron chi connectivity index (χ0n) is 14.1. The number of amides is 1. The molecule has 0 spiro atoms. The van der Waals surface area contributed by atoms with Crippen LogP contribution in [0, 0.1) is 0 Å². The number of nitrogens with one attached hydrogen (secondary N) is 2. The van der Waals surface area contributed by atoms with Gasteiger partial charge < -0.3 is 10.3 Å². The largest absolute Gasteiger partial charge is 0.361 e. The van der Waals surface area contributed by atoms with Crippen molar-refractivity contribution in [2.45, 2.75) is 26.2 Å². The summed E-state index contributed by atoms with van der Waals surface area (Å²) in [6.07, 6.45) is 6.95. The van der Waals surface area contributed by atoms with Gasteiger partial charge in [-0.25, -0.2) is 0 Å². The first kappa shape index (κ1) is 16.0. The number of rotatable bonds is 3. The van der Waals surface area contributed by atoms with Gasteiger partial charge in [0, 0.05) is 40.8 Å². The lowest BCUT2D eigenvalue weighted by atomic mass is 9.91. The normalized spacial score (nSPS) is 12.0. The van der Waals surface area contributed by atoms with E-state index < -0.39 is 0 Å². The Labute approximate surface area is 141 Å². The molecule has 0 unspecified atom stereocenters. The molecule has 24 heavy (non-hydrogen) atoms. The van der Waals surface area contributed by atoms with Crippen molar-refractivity contribution < 1.29 is 4.79 Å². The highest BCUT2D eigenvalue weighted by atomic mass is 16.1. The third kappa shape index (κ3) is 3.71. The number of nitrogens with zero attached hydrogens (tertiary/aromatic N) is 1. The van der Waals surface area contributed by atoms with Crippen LogP contribution in [0.25, 0.3) is 17.0 Å². The number of hydrogen-bond acceptors (Lipinski definition) is 2. The van der Waals surface area contributed by atoms with Gasteiger partial charge in [0.2, 0.25) is 5.91 Å². The minimum Gasteiger partial charge on any atom is -0.361 e. The Balaban J connectivity index is 1.66. The molecule has 0 bridgehead atoms. The summed E-state index contributed by atoms with van der Waals surface area (Å²) in [5.41, 5.74) is 3.72. The summed E-state index contributed by atoms with van der Waals surface area (Å²) in [5.74, 6) is -0.166. The molecule has 122 valence electrons. The van der Waals surface area contributed by atoms with Gasteiger partial charge in [-0.2, -0.15) is 0 Å². The zero-order chi connectivity index (χ0) is 17.2. The van der Waals surface area contributed by atoms with Crippen molar-refractivity contribution in [3.05, 3.63) is 66.1 Å². The predicted octanol–water partition coefficient (Wildman–Crippen LogP) is 4.51. The summed E-state index contributed by atoms with van der Waals surface area (Å²) in [5, 5.41) is 3.98. The summed E-state index contributed by atoms with van der Waals surface area (Å²) in [6, 6.07) is 11.7. The van der Waals surface area contributed by atoms with Gasteiger partial charge in [0.05, 0.1) is 0 Å². The fraction of sp³-hybridized carbons (Fsp3) is 0.200. The van der Waals surface area contributed by atoms with Gasteiger partial charge in [0.25, 0.3) is 0 Å². The molecule has 1 aromatic carbocycles. The second-order valence-corrected chi connectivity index (χ2v) is 6.83. The molecule has 0 saturated heterocycles. The maximum Gasteiger partial charge on any atom is 0.248 e. The number of hydrogen-bond donors (Lipinski definition) is 2. The molecule has 3 rings (SSSR count). The molecule has 0 aliphatic rings. The van der Waals surface area contributed by atoms with Crippen molar-refractivity contribution >= 4 is 28.6 Å². The molecule has 2 aromatic heterocycles. The first-order valence-corrected chi connectivity index (χ1v) is 7.94. The summed E-state index contributed by atoms with van der Waals surface area (Å²) >= 11 is 0. The lowest BCUT2D eigenvalue weighted by molar-refractivity contribution is -0.111. The van der Waals surface area contributed by atoms with Crippen LogP contribution in [0.1, 0.15) is 32.0 Å². The lowest BCUT2D eigenvalue weighted by Crippen LogP contribution is -2.13. The highest BCUT2D eigenvalue weighted by Gasteiger charge is 2.14. The third-order valence-electron chi connectivity index (χ3n) is 3.80. The predicted molar refractivity (Wildman–Crippen MR) is 98.9 cm³/mol. The number of H-pyrrole nitrogens is 1. The Hall–Kier alpha value is -2.88. The number of carbonyl (C=O) groups excluding carboxylic acids is 1. The van der Waals surface area contributed by atoms with Gasteiger partial charge in [0.15, 0.2) is 0 Å². The summed E-state index contributed by atoms with van der Waals surface area (Å²) < 4.78 is 0. The molecule has 0 atom stereocenters. The summed E-state index contributed by atoms with van der Waals surface area (Å²) in [6.45, 7) is 6.37. The van der Waals surface area contributed by atoms with Crippen LogP contribution in [0.4, 0.5) is 5.69 Å². The quantitative estimate of drug-likeness (QED) is 0.698. The van der Waals surface area contributed by atoms with Gasteiger partial charge in [-0.3, -0.25) is 9.78 Å². The molecule has 2 heterocycles. The fourth-order valence-electron chi connectivity index (χ4n) is 2.43. The summed E-state index contributed by atoms with van der Waals surface area (Å²) in [7, 11) is 0. The molecule has 0 fully saturated rings. The number of aromatic amines is 1. The van der Waals surface area contributed by atoms with E-state index in [9.17, 15) is 4.79 Å². The molecule has 1 amide bonds. The molecule has 0 radical (unpaired) electrons. The van der Waals surface area contributed by atoms with E-state index in [2.05, 4.69) is 36.1 Å². The SMILES string of the molecule is CC(C)(C)c1ccc(C=CC(=O)Nc2ccc3cc[nH]c3c2)cn1. The highest BCUT2D eigenvalue weighted by molar-refractivity contribution is 6.02. The van der Waals surface area contributed by atoms with Crippen LogP contribution in [-0.2, 0) is 10.2 Å². The van der Waals surface area contributed by atoms with E-state index in [4.69, 9.17) is 0 Å². The Morgan fingerprint density at radius 3 is 2.71 bits per heavy atom. The zero-order valence-corrected chi connectivity index (χ0v) is 14.1. The minimum absolute atomic E-state index is 0.0239. The van der Waals surface area contributed by atoms with E-state index in [1.807, 2.05) is 42.6 Å². The first-order valence-electron chi connectivity index (χ1n) is 7.94. The topological polar surface area (TPSA) is 57.8 Å². The molecular formula is C20H21N3O. The highest BCUT2D eigenvalue weighted by Crippen LogP contribution is 2.20. The van der Waals surface area contributed by atoms with Crippen molar-refractivity contribution in [3.63, 3.8) is 0 Å². The van der Waals surface area contributed by atoms with Crippen LogP contribution in [0.3, 0.4) is 0 Å². The molecular weight excluding hydrogens is 298 g/mol. The molecule has 4 heteroatoms. The molecule has 0 saturated carbocycles. The van der Waals surface area contributed by atoms with Crippen molar-refractivity contribution in [2.24, 2.45) is 0 Å². The van der Waals surface area contributed by atoms with Crippen LogP contribution >= 0.6 is 0 Å². The van der Waals surface area contributed by atoms with Crippen LogP contribution in [0.5, 0.6) is 0 Å². The van der Waals surface area contributed by atoms with Crippen molar-refractivity contribution in [3.8, 4) is 0 Å². The maximum absolute atomic E-state index is 12.1. The van der Waals surface area contributed by atoms with Crippen LogP contribution in [0.15, 0.2) is 54.9 Å². The monoisotopic (exact) mass is 319 g/mol. The van der Waals surface area contributed by atoms with Gasteiger partial charge >= 0.3 is 0 Å². The number of carbonyl (C=O) groups is 1. The van der Waals surface area contributed by atoms with Gasteiger partial charge in [0.1, 0.15) is 0 Å². The van der Waals surface area contributed by atoms with Crippen molar-refractivity contribution in [2.75, 3.05) is 5.32 Å². The Kier molecular flexibility index (Phi) is 4.21. The molecule has 2 N–H and O–H groups in total.